The quantitative estimate of drug-likeness (QED) is 0.921. The molecule has 2 aromatic carbocycles. The summed E-state index contributed by atoms with van der Waals surface area (Å²) in [5.41, 5.74) is 2.07. The van der Waals surface area contributed by atoms with E-state index < -0.39 is 0 Å². The van der Waals surface area contributed by atoms with Crippen molar-refractivity contribution < 1.29 is 9.53 Å². The van der Waals surface area contributed by atoms with Gasteiger partial charge >= 0.3 is 0 Å². The van der Waals surface area contributed by atoms with Crippen LogP contribution in [0.15, 0.2) is 54.6 Å². The van der Waals surface area contributed by atoms with E-state index in [1.54, 1.807) is 7.11 Å². The van der Waals surface area contributed by atoms with Crippen molar-refractivity contribution in [3.63, 3.8) is 0 Å². The van der Waals surface area contributed by atoms with Crippen molar-refractivity contribution in [2.24, 2.45) is 5.92 Å². The fraction of sp³-hybridized carbons (Fsp3) is 0.235. The third kappa shape index (κ3) is 2.67. The van der Waals surface area contributed by atoms with Gasteiger partial charge < -0.3 is 10.1 Å². The molecule has 1 amide bonds. The number of benzene rings is 2. The molecule has 102 valence electrons. The van der Waals surface area contributed by atoms with Crippen molar-refractivity contribution in [2.75, 3.05) is 12.4 Å². The van der Waals surface area contributed by atoms with Gasteiger partial charge in [0, 0.05) is 11.6 Å². The molecule has 0 spiro atoms. The SMILES string of the molecule is COc1ccc(NC(=O)[C@H]2C[C@@H]2c2ccccc2)cc1. The summed E-state index contributed by atoms with van der Waals surface area (Å²) >= 11 is 0. The molecule has 0 radical (unpaired) electrons. The molecule has 1 N–H and O–H groups in total. The first kappa shape index (κ1) is 12.7. The van der Waals surface area contributed by atoms with Gasteiger partial charge in [0.25, 0.3) is 0 Å². The highest BCUT2D eigenvalue weighted by atomic mass is 16.5. The Morgan fingerprint density at radius 2 is 1.80 bits per heavy atom. The van der Waals surface area contributed by atoms with Gasteiger partial charge in [0.1, 0.15) is 5.75 Å². The Balaban J connectivity index is 1.61. The van der Waals surface area contributed by atoms with E-state index in [0.29, 0.717) is 5.92 Å². The van der Waals surface area contributed by atoms with Gasteiger partial charge in [-0.25, -0.2) is 0 Å². The molecular weight excluding hydrogens is 250 g/mol. The van der Waals surface area contributed by atoms with Crippen molar-refractivity contribution in [1.82, 2.24) is 0 Å². The molecule has 0 aliphatic heterocycles. The van der Waals surface area contributed by atoms with E-state index in [4.69, 9.17) is 4.74 Å². The zero-order chi connectivity index (χ0) is 13.9. The normalized spacial score (nSPS) is 20.2. The number of methoxy groups -OCH3 is 1. The molecule has 3 rings (SSSR count). The van der Waals surface area contributed by atoms with E-state index in [2.05, 4.69) is 17.4 Å². The zero-order valence-corrected chi connectivity index (χ0v) is 11.4. The summed E-state index contributed by atoms with van der Waals surface area (Å²) in [4.78, 5) is 12.2. The standard InChI is InChI=1S/C17H17NO2/c1-20-14-9-7-13(8-10-14)18-17(19)16-11-15(16)12-5-3-2-4-6-12/h2-10,15-16H,11H2,1H3,(H,18,19)/t15-,16+/m1/s1. The van der Waals surface area contributed by atoms with Gasteiger partial charge in [-0.15, -0.1) is 0 Å². The van der Waals surface area contributed by atoms with Crippen LogP contribution in [0.25, 0.3) is 0 Å². The highest BCUT2D eigenvalue weighted by molar-refractivity contribution is 5.95. The van der Waals surface area contributed by atoms with Crippen molar-refractivity contribution in [3.05, 3.63) is 60.2 Å². The molecule has 3 nitrogen and oxygen atoms in total. The van der Waals surface area contributed by atoms with Crippen LogP contribution in [0, 0.1) is 5.92 Å². The second kappa shape index (κ2) is 5.37. The van der Waals surface area contributed by atoms with Crippen LogP contribution in [0.1, 0.15) is 17.9 Å². The lowest BCUT2D eigenvalue weighted by molar-refractivity contribution is -0.117. The summed E-state index contributed by atoms with van der Waals surface area (Å²) in [6.07, 6.45) is 0.937. The van der Waals surface area contributed by atoms with Crippen molar-refractivity contribution in [2.45, 2.75) is 12.3 Å². The summed E-state index contributed by atoms with van der Waals surface area (Å²) in [6, 6.07) is 17.6. The van der Waals surface area contributed by atoms with Gasteiger partial charge in [0.2, 0.25) is 5.91 Å². The highest BCUT2D eigenvalue weighted by Crippen LogP contribution is 2.47. The number of ether oxygens (including phenoxy) is 1. The lowest BCUT2D eigenvalue weighted by Gasteiger charge is -2.06. The Kier molecular flexibility index (Phi) is 3.42. The van der Waals surface area contributed by atoms with Gasteiger partial charge in [0.05, 0.1) is 7.11 Å². The Hall–Kier alpha value is -2.29. The number of nitrogens with one attached hydrogen (secondary N) is 1. The second-order valence-electron chi connectivity index (χ2n) is 5.08. The fourth-order valence-electron chi connectivity index (χ4n) is 2.46. The Morgan fingerprint density at radius 1 is 1.10 bits per heavy atom. The van der Waals surface area contributed by atoms with Gasteiger partial charge in [-0.05, 0) is 42.2 Å². The van der Waals surface area contributed by atoms with Gasteiger partial charge in [0.15, 0.2) is 0 Å². The van der Waals surface area contributed by atoms with Crippen LogP contribution in [-0.2, 0) is 4.79 Å². The molecule has 2 aromatic rings. The zero-order valence-electron chi connectivity index (χ0n) is 11.4. The predicted molar refractivity (Wildman–Crippen MR) is 78.9 cm³/mol. The third-order valence-corrected chi connectivity index (χ3v) is 3.71. The van der Waals surface area contributed by atoms with Gasteiger partial charge in [-0.3, -0.25) is 4.79 Å². The molecule has 1 saturated carbocycles. The topological polar surface area (TPSA) is 38.3 Å². The lowest BCUT2D eigenvalue weighted by atomic mass is 10.1. The van der Waals surface area contributed by atoms with Crippen LogP contribution in [0.3, 0.4) is 0 Å². The molecule has 20 heavy (non-hydrogen) atoms. The number of carbonyl (C=O) groups excluding carboxylic acids is 1. The largest absolute Gasteiger partial charge is 0.497 e. The number of anilines is 1. The van der Waals surface area contributed by atoms with Crippen LogP contribution < -0.4 is 10.1 Å². The van der Waals surface area contributed by atoms with Crippen molar-refractivity contribution in [3.8, 4) is 5.75 Å². The first-order valence-corrected chi connectivity index (χ1v) is 6.78. The van der Waals surface area contributed by atoms with E-state index in [9.17, 15) is 4.79 Å². The Morgan fingerprint density at radius 3 is 2.45 bits per heavy atom. The minimum Gasteiger partial charge on any atom is -0.497 e. The van der Waals surface area contributed by atoms with Gasteiger partial charge in [-0.2, -0.15) is 0 Å². The first-order valence-electron chi connectivity index (χ1n) is 6.78. The highest BCUT2D eigenvalue weighted by Gasteiger charge is 2.43. The summed E-state index contributed by atoms with van der Waals surface area (Å²) < 4.78 is 5.10. The lowest BCUT2D eigenvalue weighted by Crippen LogP contribution is -2.14. The molecule has 3 heteroatoms. The van der Waals surface area contributed by atoms with E-state index in [1.165, 1.54) is 5.56 Å². The number of carbonyl (C=O) groups is 1. The van der Waals surface area contributed by atoms with Crippen LogP contribution in [0.5, 0.6) is 5.75 Å². The minimum atomic E-state index is 0.0968. The molecule has 1 aliphatic rings. The van der Waals surface area contributed by atoms with Crippen LogP contribution in [0.2, 0.25) is 0 Å². The summed E-state index contributed by atoms with van der Waals surface area (Å²) in [5, 5.41) is 2.96. The fourth-order valence-corrected chi connectivity index (χ4v) is 2.46. The van der Waals surface area contributed by atoms with E-state index >= 15 is 0 Å². The maximum absolute atomic E-state index is 12.2. The monoisotopic (exact) mass is 267 g/mol. The number of hydrogen-bond acceptors (Lipinski definition) is 2. The van der Waals surface area contributed by atoms with Crippen molar-refractivity contribution >= 4 is 11.6 Å². The van der Waals surface area contributed by atoms with E-state index in [-0.39, 0.29) is 11.8 Å². The maximum Gasteiger partial charge on any atom is 0.228 e. The molecular formula is C17H17NO2. The van der Waals surface area contributed by atoms with Crippen LogP contribution >= 0.6 is 0 Å². The molecule has 1 aliphatic carbocycles. The molecule has 0 unspecified atom stereocenters. The summed E-state index contributed by atoms with van der Waals surface area (Å²) in [6.45, 7) is 0. The molecule has 0 aromatic heterocycles. The molecule has 0 bridgehead atoms. The number of rotatable bonds is 4. The minimum absolute atomic E-state index is 0.0968. The van der Waals surface area contributed by atoms with Crippen LogP contribution in [0.4, 0.5) is 5.69 Å². The maximum atomic E-state index is 12.2. The number of amides is 1. The van der Waals surface area contributed by atoms with E-state index in [0.717, 1.165) is 17.9 Å². The molecule has 2 atom stereocenters. The number of hydrogen-bond donors (Lipinski definition) is 1. The van der Waals surface area contributed by atoms with Crippen LogP contribution in [-0.4, -0.2) is 13.0 Å². The Bertz CT molecular complexity index is 592. The molecule has 0 saturated heterocycles. The predicted octanol–water partition coefficient (Wildman–Crippen LogP) is 3.44. The molecule has 0 heterocycles. The summed E-state index contributed by atoms with van der Waals surface area (Å²) in [5.74, 6) is 1.36. The average Bonchev–Trinajstić information content (AvgIpc) is 3.29. The average molecular weight is 267 g/mol. The first-order chi connectivity index (χ1) is 9.78. The third-order valence-electron chi connectivity index (χ3n) is 3.71. The smallest absolute Gasteiger partial charge is 0.228 e. The summed E-state index contributed by atoms with van der Waals surface area (Å²) in [7, 11) is 1.63. The van der Waals surface area contributed by atoms with E-state index in [1.807, 2.05) is 42.5 Å². The molecule has 1 fully saturated rings. The van der Waals surface area contributed by atoms with Crippen molar-refractivity contribution in [1.29, 1.82) is 0 Å². The Labute approximate surface area is 118 Å². The van der Waals surface area contributed by atoms with Gasteiger partial charge in [-0.1, -0.05) is 30.3 Å². The second-order valence-corrected chi connectivity index (χ2v) is 5.08.